The lowest BCUT2D eigenvalue weighted by molar-refractivity contribution is 0.254. The Morgan fingerprint density at radius 3 is 2.64 bits per heavy atom. The SMILES string of the molecule is COc1ccc2nc(SCC(C)C(C)C(C)C(C)C=C3CC3)[nH]c2c1. The maximum atomic E-state index is 5.28. The zero-order chi connectivity index (χ0) is 18.0. The molecular weight excluding hydrogens is 328 g/mol. The van der Waals surface area contributed by atoms with Crippen molar-refractivity contribution in [2.45, 2.75) is 45.7 Å². The summed E-state index contributed by atoms with van der Waals surface area (Å²) in [5.74, 6) is 4.70. The monoisotopic (exact) mass is 358 g/mol. The molecule has 0 saturated heterocycles. The number of hydrogen-bond acceptors (Lipinski definition) is 3. The van der Waals surface area contributed by atoms with Gasteiger partial charge in [0.25, 0.3) is 0 Å². The van der Waals surface area contributed by atoms with Gasteiger partial charge in [-0.1, -0.05) is 51.1 Å². The predicted octanol–water partition coefficient (Wildman–Crippen LogP) is 5.93. The lowest BCUT2D eigenvalue weighted by atomic mass is 9.79. The summed E-state index contributed by atoms with van der Waals surface area (Å²) >= 11 is 1.83. The van der Waals surface area contributed by atoms with Crippen molar-refractivity contribution in [1.82, 2.24) is 9.97 Å². The summed E-state index contributed by atoms with van der Waals surface area (Å²) in [6.07, 6.45) is 5.16. The molecular formula is C21H30N2OS. The Labute approximate surface area is 155 Å². The first-order valence-electron chi connectivity index (χ1n) is 9.34. The Balaban J connectivity index is 1.57. The van der Waals surface area contributed by atoms with Crippen LogP contribution in [0.2, 0.25) is 0 Å². The largest absolute Gasteiger partial charge is 0.497 e. The number of benzene rings is 1. The highest BCUT2D eigenvalue weighted by Crippen LogP contribution is 2.35. The molecule has 3 nitrogen and oxygen atoms in total. The highest BCUT2D eigenvalue weighted by atomic mass is 32.2. The second-order valence-electron chi connectivity index (χ2n) is 7.62. The molecule has 0 amide bonds. The third-order valence-corrected chi connectivity index (χ3v) is 6.90. The number of nitrogens with one attached hydrogen (secondary N) is 1. The minimum absolute atomic E-state index is 0.655. The maximum Gasteiger partial charge on any atom is 0.166 e. The number of thioether (sulfide) groups is 1. The van der Waals surface area contributed by atoms with E-state index in [1.807, 2.05) is 30.0 Å². The molecule has 136 valence electrons. The number of fused-ring (bicyclic) bond motifs is 1. The van der Waals surface area contributed by atoms with Crippen LogP contribution >= 0.6 is 11.8 Å². The van der Waals surface area contributed by atoms with E-state index in [2.05, 4.69) is 43.7 Å². The lowest BCUT2D eigenvalue weighted by Gasteiger charge is -2.29. The Bertz CT molecular complexity index is 745. The number of aromatic nitrogens is 2. The molecule has 1 aliphatic carbocycles. The maximum absolute atomic E-state index is 5.28. The van der Waals surface area contributed by atoms with Crippen LogP contribution in [-0.4, -0.2) is 22.8 Å². The molecule has 1 aliphatic rings. The molecule has 1 fully saturated rings. The van der Waals surface area contributed by atoms with Gasteiger partial charge < -0.3 is 9.72 Å². The first kappa shape index (κ1) is 18.4. The molecule has 2 aromatic rings. The number of imidazole rings is 1. The molecule has 4 heteroatoms. The van der Waals surface area contributed by atoms with Crippen molar-refractivity contribution >= 4 is 22.8 Å². The number of allylic oxidation sites excluding steroid dienone is 2. The van der Waals surface area contributed by atoms with Crippen LogP contribution in [0.4, 0.5) is 0 Å². The summed E-state index contributed by atoms with van der Waals surface area (Å²) in [7, 11) is 1.69. The quantitative estimate of drug-likeness (QED) is 0.469. The van der Waals surface area contributed by atoms with Crippen molar-refractivity contribution in [1.29, 1.82) is 0 Å². The number of ether oxygens (including phenoxy) is 1. The van der Waals surface area contributed by atoms with Crippen LogP contribution in [0.1, 0.15) is 40.5 Å². The molecule has 4 unspecified atom stereocenters. The Morgan fingerprint density at radius 1 is 1.20 bits per heavy atom. The van der Waals surface area contributed by atoms with E-state index >= 15 is 0 Å². The van der Waals surface area contributed by atoms with Gasteiger partial charge in [0, 0.05) is 11.8 Å². The molecule has 25 heavy (non-hydrogen) atoms. The van der Waals surface area contributed by atoms with Crippen molar-refractivity contribution in [2.24, 2.45) is 23.7 Å². The Morgan fingerprint density at radius 2 is 1.96 bits per heavy atom. The second-order valence-corrected chi connectivity index (χ2v) is 8.62. The fourth-order valence-electron chi connectivity index (χ4n) is 3.28. The van der Waals surface area contributed by atoms with E-state index in [1.54, 1.807) is 12.7 Å². The van der Waals surface area contributed by atoms with E-state index in [-0.39, 0.29) is 0 Å². The van der Waals surface area contributed by atoms with Gasteiger partial charge >= 0.3 is 0 Å². The molecule has 0 bridgehead atoms. The average Bonchev–Trinajstić information content (AvgIpc) is 3.33. The van der Waals surface area contributed by atoms with Crippen LogP contribution in [0.3, 0.4) is 0 Å². The summed E-state index contributed by atoms with van der Waals surface area (Å²) in [6, 6.07) is 5.98. The van der Waals surface area contributed by atoms with Crippen molar-refractivity contribution in [3.63, 3.8) is 0 Å². The van der Waals surface area contributed by atoms with E-state index in [1.165, 1.54) is 12.8 Å². The molecule has 0 aliphatic heterocycles. The third-order valence-electron chi connectivity index (χ3n) is 5.74. The third kappa shape index (κ3) is 4.60. The summed E-state index contributed by atoms with van der Waals surface area (Å²) < 4.78 is 5.28. The zero-order valence-corrected chi connectivity index (χ0v) is 16.8. The number of hydrogen-bond donors (Lipinski definition) is 1. The first-order valence-corrected chi connectivity index (χ1v) is 10.3. The van der Waals surface area contributed by atoms with Gasteiger partial charge in [-0.25, -0.2) is 4.98 Å². The molecule has 1 aromatic heterocycles. The van der Waals surface area contributed by atoms with Crippen LogP contribution in [0, 0.1) is 23.7 Å². The number of methoxy groups -OCH3 is 1. The van der Waals surface area contributed by atoms with Gasteiger partial charge in [0.1, 0.15) is 5.75 Å². The first-order chi connectivity index (χ1) is 12.0. The number of rotatable bonds is 8. The van der Waals surface area contributed by atoms with Gasteiger partial charge in [-0.05, 0) is 48.6 Å². The highest BCUT2D eigenvalue weighted by molar-refractivity contribution is 7.99. The van der Waals surface area contributed by atoms with Crippen LogP contribution in [0.5, 0.6) is 5.75 Å². The summed E-state index contributed by atoms with van der Waals surface area (Å²) in [6.45, 7) is 9.56. The molecule has 3 rings (SSSR count). The summed E-state index contributed by atoms with van der Waals surface area (Å²) in [4.78, 5) is 8.10. The topological polar surface area (TPSA) is 37.9 Å². The molecule has 1 aromatic carbocycles. The second kappa shape index (κ2) is 7.86. The predicted molar refractivity (Wildman–Crippen MR) is 107 cm³/mol. The van der Waals surface area contributed by atoms with Crippen molar-refractivity contribution in [3.8, 4) is 5.75 Å². The van der Waals surface area contributed by atoms with E-state index < -0.39 is 0 Å². The number of H-pyrrole nitrogens is 1. The van der Waals surface area contributed by atoms with Gasteiger partial charge in [0.05, 0.1) is 18.1 Å². The number of nitrogens with zero attached hydrogens (tertiary/aromatic N) is 1. The van der Waals surface area contributed by atoms with Crippen molar-refractivity contribution < 1.29 is 4.74 Å². The fraction of sp³-hybridized carbons (Fsp3) is 0.571. The van der Waals surface area contributed by atoms with E-state index in [4.69, 9.17) is 4.74 Å². The lowest BCUT2D eigenvalue weighted by Crippen LogP contribution is -2.23. The summed E-state index contributed by atoms with van der Waals surface area (Å²) in [5.41, 5.74) is 3.70. The van der Waals surface area contributed by atoms with Crippen LogP contribution in [0.15, 0.2) is 35.0 Å². The minimum atomic E-state index is 0.655. The van der Waals surface area contributed by atoms with E-state index in [0.717, 1.165) is 27.7 Å². The highest BCUT2D eigenvalue weighted by Gasteiger charge is 2.24. The average molecular weight is 359 g/mol. The van der Waals surface area contributed by atoms with Gasteiger partial charge in [0.2, 0.25) is 0 Å². The smallest absolute Gasteiger partial charge is 0.166 e. The van der Waals surface area contributed by atoms with Crippen molar-refractivity contribution in [3.05, 3.63) is 29.8 Å². The minimum Gasteiger partial charge on any atom is -0.497 e. The summed E-state index contributed by atoms with van der Waals surface area (Å²) in [5, 5.41) is 1.00. The molecule has 1 saturated carbocycles. The molecule has 1 N–H and O–H groups in total. The van der Waals surface area contributed by atoms with Crippen LogP contribution < -0.4 is 4.74 Å². The molecule has 4 atom stereocenters. The van der Waals surface area contributed by atoms with Gasteiger partial charge in [-0.2, -0.15) is 0 Å². The normalized spacial score (nSPS) is 18.7. The van der Waals surface area contributed by atoms with Gasteiger partial charge in [-0.15, -0.1) is 0 Å². The fourth-order valence-corrected chi connectivity index (χ4v) is 4.35. The zero-order valence-electron chi connectivity index (χ0n) is 16.0. The van der Waals surface area contributed by atoms with Gasteiger partial charge in [0.15, 0.2) is 5.16 Å². The molecule has 0 spiro atoms. The van der Waals surface area contributed by atoms with E-state index in [0.29, 0.717) is 23.7 Å². The van der Waals surface area contributed by atoms with Crippen molar-refractivity contribution in [2.75, 3.05) is 12.9 Å². The van der Waals surface area contributed by atoms with Crippen LogP contribution in [0.25, 0.3) is 11.0 Å². The molecule has 1 heterocycles. The van der Waals surface area contributed by atoms with Crippen LogP contribution in [-0.2, 0) is 0 Å². The number of aromatic amines is 1. The van der Waals surface area contributed by atoms with E-state index in [9.17, 15) is 0 Å². The standard InChI is InChI=1S/C21H30N2OS/c1-13(10-17-6-7-17)15(3)16(4)14(2)12-25-21-22-19-9-8-18(24-5)11-20(19)23-21/h8-11,13-16H,6-7,12H2,1-5H3,(H,22,23). The molecule has 0 radical (unpaired) electrons. The van der Waals surface area contributed by atoms with Gasteiger partial charge in [-0.3, -0.25) is 0 Å². The Hall–Kier alpha value is -1.42. The Kier molecular flexibility index (Phi) is 5.78.